The van der Waals surface area contributed by atoms with Crippen molar-refractivity contribution in [1.82, 2.24) is 0 Å². The lowest BCUT2D eigenvalue weighted by atomic mass is 10.1. The zero-order chi connectivity index (χ0) is 11.8. The van der Waals surface area contributed by atoms with E-state index < -0.39 is 0 Å². The molecule has 0 aliphatic heterocycles. The van der Waals surface area contributed by atoms with Crippen LogP contribution < -0.4 is 15.2 Å². The minimum absolute atomic E-state index is 0.114. The summed E-state index contributed by atoms with van der Waals surface area (Å²) >= 11 is 0. The summed E-state index contributed by atoms with van der Waals surface area (Å²) < 4.78 is 10.6. The molecule has 0 saturated heterocycles. The topological polar surface area (TPSA) is 64.7 Å². The monoisotopic (exact) mass is 225 g/mol. The molecule has 1 atom stereocenters. The maximum absolute atomic E-state index is 8.94. The number of methoxy groups -OCH3 is 1. The number of nitrogens with two attached hydrogens (primary N) is 1. The predicted octanol–water partition coefficient (Wildman–Crippen LogP) is 1.03. The molecule has 0 spiro atoms. The van der Waals surface area contributed by atoms with Gasteiger partial charge in [0.1, 0.15) is 11.5 Å². The number of aliphatic hydroxyl groups is 1. The second kappa shape index (κ2) is 7.09. The van der Waals surface area contributed by atoms with E-state index in [1.165, 1.54) is 0 Å². The van der Waals surface area contributed by atoms with Gasteiger partial charge in [-0.05, 0) is 43.1 Å². The molecule has 3 N–H and O–H groups in total. The minimum atomic E-state index is 0.114. The number of hydrogen-bond acceptors (Lipinski definition) is 4. The van der Waals surface area contributed by atoms with E-state index in [0.717, 1.165) is 17.9 Å². The fourth-order valence-electron chi connectivity index (χ4n) is 1.30. The number of ether oxygens (including phenoxy) is 2. The SMILES string of the molecule is COc1ccc(OCCC(CN)CO)cc1. The molecule has 0 amide bonds. The Balaban J connectivity index is 2.31. The summed E-state index contributed by atoms with van der Waals surface area (Å²) in [6, 6.07) is 7.41. The molecular weight excluding hydrogens is 206 g/mol. The summed E-state index contributed by atoms with van der Waals surface area (Å²) in [6.45, 7) is 1.17. The van der Waals surface area contributed by atoms with Gasteiger partial charge in [0.05, 0.1) is 13.7 Å². The van der Waals surface area contributed by atoms with Gasteiger partial charge in [0.2, 0.25) is 0 Å². The van der Waals surface area contributed by atoms with Crippen molar-refractivity contribution in [1.29, 1.82) is 0 Å². The molecule has 4 nitrogen and oxygen atoms in total. The van der Waals surface area contributed by atoms with Crippen molar-refractivity contribution in [3.05, 3.63) is 24.3 Å². The summed E-state index contributed by atoms with van der Waals surface area (Å²) in [6.07, 6.45) is 0.763. The van der Waals surface area contributed by atoms with Crippen LogP contribution in [0.15, 0.2) is 24.3 Å². The predicted molar refractivity (Wildman–Crippen MR) is 62.7 cm³/mol. The molecule has 1 aromatic rings. The third-order valence-corrected chi connectivity index (χ3v) is 2.45. The fourth-order valence-corrected chi connectivity index (χ4v) is 1.30. The summed E-state index contributed by atoms with van der Waals surface area (Å²) in [5.74, 6) is 1.73. The summed E-state index contributed by atoms with van der Waals surface area (Å²) in [5.41, 5.74) is 5.47. The fraction of sp³-hybridized carbons (Fsp3) is 0.500. The lowest BCUT2D eigenvalue weighted by Gasteiger charge is -2.12. The van der Waals surface area contributed by atoms with E-state index in [0.29, 0.717) is 13.2 Å². The summed E-state index contributed by atoms with van der Waals surface area (Å²) in [5, 5.41) is 8.94. The molecule has 0 aliphatic carbocycles. The Bertz CT molecular complexity index is 283. The van der Waals surface area contributed by atoms with E-state index in [4.69, 9.17) is 20.3 Å². The van der Waals surface area contributed by atoms with Crippen LogP contribution in [0, 0.1) is 5.92 Å². The first kappa shape index (κ1) is 12.8. The van der Waals surface area contributed by atoms with Gasteiger partial charge in [-0.1, -0.05) is 0 Å². The first-order valence-corrected chi connectivity index (χ1v) is 5.38. The Labute approximate surface area is 96.0 Å². The van der Waals surface area contributed by atoms with Crippen molar-refractivity contribution in [2.45, 2.75) is 6.42 Å². The molecule has 0 fully saturated rings. The van der Waals surface area contributed by atoms with Gasteiger partial charge in [0.25, 0.3) is 0 Å². The Morgan fingerprint density at radius 2 is 1.88 bits per heavy atom. The van der Waals surface area contributed by atoms with Crippen LogP contribution in [0.25, 0.3) is 0 Å². The molecule has 1 rings (SSSR count). The highest BCUT2D eigenvalue weighted by Gasteiger charge is 2.04. The van der Waals surface area contributed by atoms with Crippen LogP contribution in [-0.2, 0) is 0 Å². The molecule has 0 aromatic heterocycles. The molecule has 0 heterocycles. The van der Waals surface area contributed by atoms with Crippen molar-refractivity contribution >= 4 is 0 Å². The van der Waals surface area contributed by atoms with Crippen molar-refractivity contribution in [3.63, 3.8) is 0 Å². The molecular formula is C12H19NO3. The Morgan fingerprint density at radius 1 is 1.25 bits per heavy atom. The zero-order valence-corrected chi connectivity index (χ0v) is 9.56. The largest absolute Gasteiger partial charge is 0.497 e. The minimum Gasteiger partial charge on any atom is -0.497 e. The van der Waals surface area contributed by atoms with E-state index in [1.807, 2.05) is 24.3 Å². The van der Waals surface area contributed by atoms with Crippen LogP contribution in [-0.4, -0.2) is 32.0 Å². The highest BCUT2D eigenvalue weighted by atomic mass is 16.5. The van der Waals surface area contributed by atoms with Crippen LogP contribution >= 0.6 is 0 Å². The van der Waals surface area contributed by atoms with E-state index in [2.05, 4.69) is 0 Å². The molecule has 1 unspecified atom stereocenters. The highest BCUT2D eigenvalue weighted by molar-refractivity contribution is 5.31. The van der Waals surface area contributed by atoms with Gasteiger partial charge >= 0.3 is 0 Å². The second-order valence-electron chi connectivity index (χ2n) is 3.60. The maximum Gasteiger partial charge on any atom is 0.119 e. The molecule has 0 bridgehead atoms. The van der Waals surface area contributed by atoms with Crippen LogP contribution in [0.2, 0.25) is 0 Å². The van der Waals surface area contributed by atoms with Gasteiger partial charge in [-0.2, -0.15) is 0 Å². The molecule has 4 heteroatoms. The van der Waals surface area contributed by atoms with Crippen molar-refractivity contribution in [2.75, 3.05) is 26.9 Å². The second-order valence-corrected chi connectivity index (χ2v) is 3.60. The van der Waals surface area contributed by atoms with Gasteiger partial charge in [-0.15, -0.1) is 0 Å². The van der Waals surface area contributed by atoms with Crippen LogP contribution in [0.3, 0.4) is 0 Å². The van der Waals surface area contributed by atoms with Gasteiger partial charge < -0.3 is 20.3 Å². The quantitative estimate of drug-likeness (QED) is 0.727. The third kappa shape index (κ3) is 4.08. The molecule has 0 radical (unpaired) electrons. The van der Waals surface area contributed by atoms with Gasteiger partial charge in [0.15, 0.2) is 0 Å². The maximum atomic E-state index is 8.94. The first-order valence-electron chi connectivity index (χ1n) is 5.38. The van der Waals surface area contributed by atoms with Crippen molar-refractivity contribution < 1.29 is 14.6 Å². The number of hydrogen-bond donors (Lipinski definition) is 2. The first-order chi connectivity index (χ1) is 7.80. The summed E-state index contributed by atoms with van der Waals surface area (Å²) in [7, 11) is 1.63. The van der Waals surface area contributed by atoms with Crippen LogP contribution in [0.5, 0.6) is 11.5 Å². The Hall–Kier alpha value is -1.26. The lowest BCUT2D eigenvalue weighted by molar-refractivity contribution is 0.195. The average molecular weight is 225 g/mol. The van der Waals surface area contributed by atoms with E-state index >= 15 is 0 Å². The number of aliphatic hydroxyl groups excluding tert-OH is 1. The molecule has 90 valence electrons. The van der Waals surface area contributed by atoms with Crippen LogP contribution in [0.4, 0.5) is 0 Å². The van der Waals surface area contributed by atoms with Gasteiger partial charge in [0, 0.05) is 6.61 Å². The van der Waals surface area contributed by atoms with E-state index in [9.17, 15) is 0 Å². The number of benzene rings is 1. The smallest absolute Gasteiger partial charge is 0.119 e. The molecule has 1 aromatic carbocycles. The third-order valence-electron chi connectivity index (χ3n) is 2.45. The Morgan fingerprint density at radius 3 is 2.38 bits per heavy atom. The average Bonchev–Trinajstić information content (AvgIpc) is 2.35. The lowest BCUT2D eigenvalue weighted by Crippen LogP contribution is -2.20. The van der Waals surface area contributed by atoms with Gasteiger partial charge in [-0.25, -0.2) is 0 Å². The van der Waals surface area contributed by atoms with Crippen LogP contribution in [0.1, 0.15) is 6.42 Å². The van der Waals surface area contributed by atoms with E-state index in [1.54, 1.807) is 7.11 Å². The van der Waals surface area contributed by atoms with Crippen molar-refractivity contribution in [3.8, 4) is 11.5 Å². The van der Waals surface area contributed by atoms with Gasteiger partial charge in [-0.3, -0.25) is 0 Å². The molecule has 0 saturated carbocycles. The highest BCUT2D eigenvalue weighted by Crippen LogP contribution is 2.17. The zero-order valence-electron chi connectivity index (χ0n) is 9.56. The molecule has 16 heavy (non-hydrogen) atoms. The van der Waals surface area contributed by atoms with E-state index in [-0.39, 0.29) is 12.5 Å². The normalized spacial score (nSPS) is 12.2. The molecule has 0 aliphatic rings. The number of rotatable bonds is 7. The Kier molecular flexibility index (Phi) is 5.67. The standard InChI is InChI=1S/C12H19NO3/c1-15-11-2-4-12(5-3-11)16-7-6-10(8-13)9-14/h2-5,10,14H,6-9,13H2,1H3. The van der Waals surface area contributed by atoms with Crippen molar-refractivity contribution in [2.24, 2.45) is 11.7 Å². The summed E-state index contributed by atoms with van der Waals surface area (Å²) in [4.78, 5) is 0.